The minimum Gasteiger partial charge on any atom is -0.477 e. The molecule has 1 amide bonds. The Bertz CT molecular complexity index is 852. The number of ether oxygens (including phenoxy) is 1. The fourth-order valence-electron chi connectivity index (χ4n) is 3.79. The van der Waals surface area contributed by atoms with Gasteiger partial charge in [0.25, 0.3) is 5.91 Å². The normalized spacial score (nSPS) is 21.6. The zero-order valence-electron chi connectivity index (χ0n) is 16.4. The van der Waals surface area contributed by atoms with Gasteiger partial charge in [0.1, 0.15) is 0 Å². The van der Waals surface area contributed by atoms with E-state index in [1.54, 1.807) is 6.20 Å². The van der Waals surface area contributed by atoms with E-state index in [-0.39, 0.29) is 11.9 Å². The molecule has 0 bridgehead atoms. The van der Waals surface area contributed by atoms with Crippen LogP contribution < -0.4 is 10.1 Å². The standard InChI is InChI=1S/C23H27ClN2O3/c24-18-9-7-16(8-10-18)19-13-17(14-25-23(19)29-12-11-15-5-6-15)22(28)26-20-3-1-2-4-21(20)27/h7-10,13-15,20-21,27H,1-6,11-12H2,(H,26,28). The monoisotopic (exact) mass is 414 g/mol. The highest BCUT2D eigenvalue weighted by Gasteiger charge is 2.26. The van der Waals surface area contributed by atoms with Crippen molar-refractivity contribution in [3.63, 3.8) is 0 Å². The number of carbonyl (C=O) groups excluding carboxylic acids is 1. The lowest BCUT2D eigenvalue weighted by molar-refractivity contribution is 0.0717. The maximum atomic E-state index is 12.8. The first kappa shape index (κ1) is 20.2. The fraction of sp³-hybridized carbons (Fsp3) is 0.478. The van der Waals surface area contributed by atoms with Crippen LogP contribution in [-0.2, 0) is 0 Å². The Morgan fingerprint density at radius 3 is 2.66 bits per heavy atom. The predicted octanol–water partition coefficient (Wildman–Crippen LogP) is 4.61. The molecule has 2 fully saturated rings. The highest BCUT2D eigenvalue weighted by Crippen LogP contribution is 2.34. The maximum Gasteiger partial charge on any atom is 0.253 e. The smallest absolute Gasteiger partial charge is 0.253 e. The lowest BCUT2D eigenvalue weighted by Gasteiger charge is -2.28. The molecule has 2 unspecified atom stereocenters. The number of benzene rings is 1. The van der Waals surface area contributed by atoms with Crippen LogP contribution in [0.25, 0.3) is 11.1 Å². The number of pyridine rings is 1. The van der Waals surface area contributed by atoms with Crippen molar-refractivity contribution in [2.75, 3.05) is 6.61 Å². The van der Waals surface area contributed by atoms with Crippen molar-refractivity contribution in [3.8, 4) is 17.0 Å². The highest BCUT2D eigenvalue weighted by atomic mass is 35.5. The van der Waals surface area contributed by atoms with Gasteiger partial charge in [0.05, 0.1) is 24.3 Å². The van der Waals surface area contributed by atoms with E-state index in [1.807, 2.05) is 30.3 Å². The second kappa shape index (κ2) is 9.14. The second-order valence-electron chi connectivity index (χ2n) is 8.10. The van der Waals surface area contributed by atoms with Gasteiger partial charge in [0.15, 0.2) is 0 Å². The van der Waals surface area contributed by atoms with Crippen LogP contribution in [0.4, 0.5) is 0 Å². The van der Waals surface area contributed by atoms with E-state index >= 15 is 0 Å². The van der Waals surface area contributed by atoms with E-state index in [0.717, 1.165) is 49.1 Å². The largest absolute Gasteiger partial charge is 0.477 e. The summed E-state index contributed by atoms with van der Waals surface area (Å²) in [5.74, 6) is 1.09. The molecule has 5 nitrogen and oxygen atoms in total. The van der Waals surface area contributed by atoms with Crippen molar-refractivity contribution in [1.29, 1.82) is 0 Å². The molecule has 1 aromatic heterocycles. The number of aliphatic hydroxyl groups is 1. The molecule has 2 aromatic rings. The van der Waals surface area contributed by atoms with Crippen LogP contribution in [0, 0.1) is 5.92 Å². The van der Waals surface area contributed by atoms with Gasteiger partial charge in [-0.2, -0.15) is 0 Å². The lowest BCUT2D eigenvalue weighted by Crippen LogP contribution is -2.45. The molecule has 0 aliphatic heterocycles. The van der Waals surface area contributed by atoms with E-state index in [2.05, 4.69) is 10.3 Å². The van der Waals surface area contributed by atoms with Crippen molar-refractivity contribution >= 4 is 17.5 Å². The molecular formula is C23H27ClN2O3. The average molecular weight is 415 g/mol. The molecule has 1 heterocycles. The SMILES string of the molecule is O=C(NC1CCCCC1O)c1cnc(OCCC2CC2)c(-c2ccc(Cl)cc2)c1. The number of nitrogens with zero attached hydrogens (tertiary/aromatic N) is 1. The Morgan fingerprint density at radius 2 is 1.93 bits per heavy atom. The number of carbonyl (C=O) groups is 1. The zero-order chi connectivity index (χ0) is 20.2. The van der Waals surface area contributed by atoms with Gasteiger partial charge < -0.3 is 15.2 Å². The summed E-state index contributed by atoms with van der Waals surface area (Å²) in [7, 11) is 0. The third kappa shape index (κ3) is 5.28. The van der Waals surface area contributed by atoms with Crippen LogP contribution >= 0.6 is 11.6 Å². The molecule has 2 aliphatic carbocycles. The minimum absolute atomic E-state index is 0.204. The third-order valence-electron chi connectivity index (χ3n) is 5.78. The van der Waals surface area contributed by atoms with Crippen molar-refractivity contribution in [3.05, 3.63) is 47.1 Å². The fourth-order valence-corrected chi connectivity index (χ4v) is 3.91. The Labute approximate surface area is 176 Å². The topological polar surface area (TPSA) is 71.5 Å². The number of hydrogen-bond donors (Lipinski definition) is 2. The molecule has 29 heavy (non-hydrogen) atoms. The minimum atomic E-state index is -0.485. The molecule has 154 valence electrons. The summed E-state index contributed by atoms with van der Waals surface area (Å²) in [6, 6.07) is 9.04. The van der Waals surface area contributed by atoms with Crippen LogP contribution in [0.2, 0.25) is 5.02 Å². The first-order valence-corrected chi connectivity index (χ1v) is 10.9. The third-order valence-corrected chi connectivity index (χ3v) is 6.03. The van der Waals surface area contributed by atoms with E-state index in [0.29, 0.717) is 23.1 Å². The number of aromatic nitrogens is 1. The molecule has 2 atom stereocenters. The molecule has 2 aliphatic rings. The molecule has 1 aromatic carbocycles. The van der Waals surface area contributed by atoms with Crippen molar-refractivity contribution in [2.45, 2.75) is 57.1 Å². The number of hydrogen-bond acceptors (Lipinski definition) is 4. The summed E-state index contributed by atoms with van der Waals surface area (Å²) < 4.78 is 5.96. The van der Waals surface area contributed by atoms with Gasteiger partial charge in [-0.25, -0.2) is 4.98 Å². The Hall–Kier alpha value is -2.11. The van der Waals surface area contributed by atoms with E-state index in [4.69, 9.17) is 16.3 Å². The first-order valence-electron chi connectivity index (χ1n) is 10.5. The molecular weight excluding hydrogens is 388 g/mol. The number of halogens is 1. The summed E-state index contributed by atoms with van der Waals surface area (Å²) in [5.41, 5.74) is 2.13. The number of aliphatic hydroxyl groups excluding tert-OH is 1. The van der Waals surface area contributed by atoms with Crippen LogP contribution in [0.1, 0.15) is 55.3 Å². The molecule has 2 N–H and O–H groups in total. The summed E-state index contributed by atoms with van der Waals surface area (Å²) in [6.07, 6.45) is 8.22. The second-order valence-corrected chi connectivity index (χ2v) is 8.53. The summed E-state index contributed by atoms with van der Waals surface area (Å²) in [6.45, 7) is 0.623. The molecule has 0 spiro atoms. The van der Waals surface area contributed by atoms with Gasteiger partial charge in [-0.1, -0.05) is 49.4 Å². The van der Waals surface area contributed by atoms with Gasteiger partial charge >= 0.3 is 0 Å². The van der Waals surface area contributed by atoms with Crippen LogP contribution in [-0.4, -0.2) is 34.8 Å². The Kier molecular flexibility index (Phi) is 6.36. The van der Waals surface area contributed by atoms with Crippen molar-refractivity contribution < 1.29 is 14.6 Å². The highest BCUT2D eigenvalue weighted by molar-refractivity contribution is 6.30. The van der Waals surface area contributed by atoms with Gasteiger partial charge in [-0.3, -0.25) is 4.79 Å². The number of nitrogens with one attached hydrogen (secondary N) is 1. The van der Waals surface area contributed by atoms with Gasteiger partial charge in [0, 0.05) is 16.8 Å². The average Bonchev–Trinajstić information content (AvgIpc) is 3.55. The van der Waals surface area contributed by atoms with E-state index in [1.165, 1.54) is 12.8 Å². The quantitative estimate of drug-likeness (QED) is 0.693. The van der Waals surface area contributed by atoms with Gasteiger partial charge in [0.2, 0.25) is 5.88 Å². The maximum absolute atomic E-state index is 12.8. The Balaban J connectivity index is 1.54. The lowest BCUT2D eigenvalue weighted by atomic mass is 9.92. The van der Waals surface area contributed by atoms with Crippen LogP contribution in [0.3, 0.4) is 0 Å². The van der Waals surface area contributed by atoms with Gasteiger partial charge in [-0.05, 0) is 48.9 Å². The molecule has 2 saturated carbocycles. The number of rotatable bonds is 7. The predicted molar refractivity (Wildman–Crippen MR) is 113 cm³/mol. The zero-order valence-corrected chi connectivity index (χ0v) is 17.2. The molecule has 6 heteroatoms. The summed E-state index contributed by atoms with van der Waals surface area (Å²) in [4.78, 5) is 17.2. The van der Waals surface area contributed by atoms with E-state index in [9.17, 15) is 9.90 Å². The number of amides is 1. The summed E-state index contributed by atoms with van der Waals surface area (Å²) in [5, 5.41) is 13.8. The first-order chi connectivity index (χ1) is 14.1. The van der Waals surface area contributed by atoms with Crippen molar-refractivity contribution in [1.82, 2.24) is 10.3 Å². The van der Waals surface area contributed by atoms with Crippen LogP contribution in [0.5, 0.6) is 5.88 Å². The van der Waals surface area contributed by atoms with E-state index < -0.39 is 6.10 Å². The molecule has 0 radical (unpaired) electrons. The molecule has 4 rings (SSSR count). The van der Waals surface area contributed by atoms with Crippen LogP contribution in [0.15, 0.2) is 36.5 Å². The van der Waals surface area contributed by atoms with Gasteiger partial charge in [-0.15, -0.1) is 0 Å². The summed E-state index contributed by atoms with van der Waals surface area (Å²) >= 11 is 6.03. The molecule has 0 saturated heterocycles. The Morgan fingerprint density at radius 1 is 1.17 bits per heavy atom. The van der Waals surface area contributed by atoms with Crippen molar-refractivity contribution in [2.24, 2.45) is 5.92 Å².